The van der Waals surface area contributed by atoms with E-state index in [1.807, 2.05) is 30.3 Å². The molecule has 2 heterocycles. The van der Waals surface area contributed by atoms with Crippen LogP contribution >= 0.6 is 0 Å². The minimum absolute atomic E-state index is 0.425. The Hall–Kier alpha value is -4.28. The number of anilines is 1. The lowest BCUT2D eigenvalue weighted by Crippen LogP contribution is -2.29. The van der Waals surface area contributed by atoms with Crippen molar-refractivity contribution in [3.63, 3.8) is 0 Å². The van der Waals surface area contributed by atoms with Gasteiger partial charge in [0.2, 0.25) is 5.75 Å². The van der Waals surface area contributed by atoms with Crippen LogP contribution in [0.4, 0.5) is 5.69 Å². The number of benzene rings is 3. The van der Waals surface area contributed by atoms with Gasteiger partial charge in [-0.1, -0.05) is 42.8 Å². The summed E-state index contributed by atoms with van der Waals surface area (Å²) >= 11 is 0. The zero-order valence-corrected chi connectivity index (χ0v) is 22.2. The van der Waals surface area contributed by atoms with Gasteiger partial charge >= 0.3 is 0 Å². The summed E-state index contributed by atoms with van der Waals surface area (Å²) in [5.74, 6) is 1.98. The Morgan fingerprint density at radius 3 is 2.21 bits per heavy atom. The van der Waals surface area contributed by atoms with Crippen LogP contribution in [0.25, 0.3) is 22.0 Å². The number of aromatic nitrogens is 1. The second-order valence-corrected chi connectivity index (χ2v) is 9.16. The summed E-state index contributed by atoms with van der Waals surface area (Å²) in [6, 6.07) is 22.4. The molecule has 0 bridgehead atoms. The second kappa shape index (κ2) is 12.8. The molecule has 196 valence electrons. The molecular formula is C31H34N4O3. The molecule has 0 atom stereocenters. The SMILES string of the molecule is COc1cccc(OC)c1OC.N#Cc1cnc2cc(-c3cccc(CN4CCCCC4)c3)ccc2c1N. The highest BCUT2D eigenvalue weighted by Crippen LogP contribution is 2.36. The quantitative estimate of drug-likeness (QED) is 0.337. The molecule has 7 heteroatoms. The number of ether oxygens (including phenoxy) is 3. The predicted octanol–water partition coefficient (Wildman–Crippen LogP) is 6.05. The number of fused-ring (bicyclic) bond motifs is 1. The molecule has 0 amide bonds. The second-order valence-electron chi connectivity index (χ2n) is 9.16. The average molecular weight is 511 g/mol. The van der Waals surface area contributed by atoms with Crippen LogP contribution in [-0.2, 0) is 6.54 Å². The first-order valence-electron chi connectivity index (χ1n) is 12.7. The highest BCUT2D eigenvalue weighted by atomic mass is 16.5. The summed E-state index contributed by atoms with van der Waals surface area (Å²) < 4.78 is 15.3. The van der Waals surface area contributed by atoms with Gasteiger partial charge in [0, 0.05) is 18.1 Å². The number of nitrogen functional groups attached to an aromatic ring is 1. The molecule has 1 aliphatic rings. The number of hydrogen-bond donors (Lipinski definition) is 1. The third-order valence-electron chi connectivity index (χ3n) is 6.73. The van der Waals surface area contributed by atoms with Gasteiger partial charge < -0.3 is 19.9 Å². The van der Waals surface area contributed by atoms with Crippen LogP contribution in [0, 0.1) is 11.3 Å². The van der Waals surface area contributed by atoms with E-state index in [1.54, 1.807) is 27.5 Å². The van der Waals surface area contributed by atoms with Crippen LogP contribution in [0.5, 0.6) is 17.2 Å². The number of rotatable bonds is 6. The largest absolute Gasteiger partial charge is 0.493 e. The molecule has 0 aliphatic carbocycles. The maximum atomic E-state index is 9.10. The molecule has 1 aliphatic heterocycles. The molecule has 2 N–H and O–H groups in total. The summed E-state index contributed by atoms with van der Waals surface area (Å²) in [5.41, 5.74) is 11.5. The third-order valence-corrected chi connectivity index (χ3v) is 6.73. The van der Waals surface area contributed by atoms with E-state index in [-0.39, 0.29) is 0 Å². The van der Waals surface area contributed by atoms with Crippen molar-refractivity contribution in [3.05, 3.63) is 78.0 Å². The maximum Gasteiger partial charge on any atom is 0.203 e. The number of likely N-dealkylation sites (tertiary alicyclic amines) is 1. The number of pyridine rings is 1. The van der Waals surface area contributed by atoms with Gasteiger partial charge in [0.25, 0.3) is 0 Å². The highest BCUT2D eigenvalue weighted by Gasteiger charge is 2.12. The minimum Gasteiger partial charge on any atom is -0.493 e. The number of piperidine rings is 1. The van der Waals surface area contributed by atoms with Crippen LogP contribution in [0.3, 0.4) is 0 Å². The lowest BCUT2D eigenvalue weighted by molar-refractivity contribution is 0.221. The van der Waals surface area contributed by atoms with Gasteiger partial charge in [0.1, 0.15) is 6.07 Å². The number of nitrogens with zero attached hydrogens (tertiary/aromatic N) is 3. The van der Waals surface area contributed by atoms with Crippen molar-refractivity contribution in [1.29, 1.82) is 5.26 Å². The molecule has 5 rings (SSSR count). The summed E-state index contributed by atoms with van der Waals surface area (Å²) in [4.78, 5) is 6.94. The molecule has 0 saturated carbocycles. The van der Waals surface area contributed by atoms with Crippen LogP contribution in [0.15, 0.2) is 66.9 Å². The summed E-state index contributed by atoms with van der Waals surface area (Å²) in [6.07, 6.45) is 5.52. The van der Waals surface area contributed by atoms with Crippen LogP contribution in [-0.4, -0.2) is 44.3 Å². The van der Waals surface area contributed by atoms with E-state index >= 15 is 0 Å². The van der Waals surface area contributed by atoms with Crippen molar-refractivity contribution in [3.8, 4) is 34.4 Å². The first-order valence-corrected chi connectivity index (χ1v) is 12.7. The smallest absolute Gasteiger partial charge is 0.203 e. The first kappa shape index (κ1) is 26.8. The van der Waals surface area contributed by atoms with E-state index in [0.29, 0.717) is 28.5 Å². The van der Waals surface area contributed by atoms with E-state index in [1.165, 1.54) is 43.5 Å². The maximum absolute atomic E-state index is 9.10. The Morgan fingerprint density at radius 2 is 1.55 bits per heavy atom. The van der Waals surface area contributed by atoms with Crippen molar-refractivity contribution in [2.75, 3.05) is 40.2 Å². The fraction of sp³-hybridized carbons (Fsp3) is 0.290. The molecule has 1 saturated heterocycles. The normalized spacial score (nSPS) is 13.2. The third kappa shape index (κ3) is 6.16. The van der Waals surface area contributed by atoms with Crippen molar-refractivity contribution in [2.45, 2.75) is 25.8 Å². The van der Waals surface area contributed by atoms with Crippen molar-refractivity contribution in [2.24, 2.45) is 0 Å². The molecular weight excluding hydrogens is 476 g/mol. The van der Waals surface area contributed by atoms with Gasteiger partial charge in [-0.2, -0.15) is 5.26 Å². The first-order chi connectivity index (χ1) is 18.6. The van der Waals surface area contributed by atoms with Crippen molar-refractivity contribution < 1.29 is 14.2 Å². The average Bonchev–Trinajstić information content (AvgIpc) is 2.97. The van der Waals surface area contributed by atoms with Gasteiger partial charge in [-0.05, 0) is 66.9 Å². The fourth-order valence-corrected chi connectivity index (χ4v) is 4.73. The summed E-state index contributed by atoms with van der Waals surface area (Å²) in [7, 11) is 4.77. The van der Waals surface area contributed by atoms with E-state index in [2.05, 4.69) is 46.3 Å². The molecule has 4 aromatic rings. The van der Waals surface area contributed by atoms with Gasteiger partial charge in [0.15, 0.2) is 11.5 Å². The topological polar surface area (TPSA) is 93.6 Å². The Labute approximate surface area is 224 Å². The van der Waals surface area contributed by atoms with Gasteiger partial charge in [0.05, 0.1) is 38.1 Å². The van der Waals surface area contributed by atoms with Gasteiger partial charge in [-0.25, -0.2) is 0 Å². The molecule has 38 heavy (non-hydrogen) atoms. The number of nitrogens with two attached hydrogens (primary N) is 1. The summed E-state index contributed by atoms with van der Waals surface area (Å²) in [5, 5.41) is 9.93. The number of nitriles is 1. The molecule has 7 nitrogen and oxygen atoms in total. The lowest BCUT2D eigenvalue weighted by Gasteiger charge is -2.26. The minimum atomic E-state index is 0.425. The van der Waals surface area contributed by atoms with Crippen molar-refractivity contribution in [1.82, 2.24) is 9.88 Å². The van der Waals surface area contributed by atoms with E-state index in [9.17, 15) is 0 Å². The number of hydrogen-bond acceptors (Lipinski definition) is 7. The van der Waals surface area contributed by atoms with E-state index < -0.39 is 0 Å². The molecule has 1 aromatic heterocycles. The Balaban J connectivity index is 0.000000236. The van der Waals surface area contributed by atoms with Gasteiger partial charge in [-0.15, -0.1) is 0 Å². The standard InChI is InChI=1S/C22H22N4.C9H12O3/c23-13-19-14-25-21-12-18(7-8-20(21)22(19)24)17-6-4-5-16(11-17)15-26-9-2-1-3-10-26;1-10-7-5-4-6-8(11-2)9(7)12-3/h4-8,11-12,14H,1-3,9-10,15H2,(H2,24,25);4-6H,1-3H3. The Kier molecular flexibility index (Phi) is 9.02. The molecule has 3 aromatic carbocycles. The van der Waals surface area contributed by atoms with Crippen molar-refractivity contribution >= 4 is 16.6 Å². The zero-order chi connectivity index (χ0) is 26.9. The van der Waals surface area contributed by atoms with Crippen LogP contribution in [0.1, 0.15) is 30.4 Å². The molecule has 0 spiro atoms. The summed E-state index contributed by atoms with van der Waals surface area (Å²) in [6.45, 7) is 3.41. The number of para-hydroxylation sites is 1. The fourth-order valence-electron chi connectivity index (χ4n) is 4.73. The monoisotopic (exact) mass is 510 g/mol. The van der Waals surface area contributed by atoms with Crippen LogP contribution < -0.4 is 19.9 Å². The molecule has 0 unspecified atom stereocenters. The molecule has 0 radical (unpaired) electrons. The predicted molar refractivity (Wildman–Crippen MR) is 152 cm³/mol. The van der Waals surface area contributed by atoms with Crippen LogP contribution in [0.2, 0.25) is 0 Å². The zero-order valence-electron chi connectivity index (χ0n) is 22.2. The molecule has 1 fully saturated rings. The Bertz CT molecular complexity index is 1400. The van der Waals surface area contributed by atoms with Gasteiger partial charge in [-0.3, -0.25) is 9.88 Å². The lowest BCUT2D eigenvalue weighted by atomic mass is 10.00. The number of methoxy groups -OCH3 is 3. The Morgan fingerprint density at radius 1 is 0.868 bits per heavy atom. The van der Waals surface area contributed by atoms with E-state index in [0.717, 1.165) is 23.0 Å². The van der Waals surface area contributed by atoms with E-state index in [4.69, 9.17) is 25.2 Å². The highest BCUT2D eigenvalue weighted by molar-refractivity contribution is 5.95.